The maximum atomic E-state index is 10.7. The Labute approximate surface area is 118 Å². The Bertz CT molecular complexity index is 511. The smallest absolute Gasteiger partial charge is 0.270 e. The molecule has 0 radical (unpaired) electrons. The summed E-state index contributed by atoms with van der Waals surface area (Å²) in [6, 6.07) is 6.10. The molecule has 0 saturated heterocycles. The minimum absolute atomic E-state index is 0.0574. The Morgan fingerprint density at radius 1 is 1.45 bits per heavy atom. The zero-order valence-electron chi connectivity index (χ0n) is 11.7. The molecule has 0 amide bonds. The average molecular weight is 277 g/mol. The first-order valence-corrected chi connectivity index (χ1v) is 6.55. The molecule has 0 aliphatic rings. The molecular formula is C14H19N3O3. The van der Waals surface area contributed by atoms with E-state index in [2.05, 4.69) is 5.32 Å². The first-order chi connectivity index (χ1) is 9.51. The number of hydrogen-bond acceptors (Lipinski definition) is 5. The molecule has 108 valence electrons. The van der Waals surface area contributed by atoms with Gasteiger partial charge in [0.15, 0.2) is 0 Å². The van der Waals surface area contributed by atoms with Crippen molar-refractivity contribution in [1.82, 2.24) is 0 Å². The van der Waals surface area contributed by atoms with Crippen LogP contribution < -0.4 is 5.32 Å². The van der Waals surface area contributed by atoms with Gasteiger partial charge in [-0.3, -0.25) is 10.1 Å². The quantitative estimate of drug-likeness (QED) is 0.589. The van der Waals surface area contributed by atoms with E-state index >= 15 is 0 Å². The maximum absolute atomic E-state index is 10.7. The van der Waals surface area contributed by atoms with Crippen LogP contribution in [0.25, 0.3) is 0 Å². The van der Waals surface area contributed by atoms with Gasteiger partial charge in [0.25, 0.3) is 5.69 Å². The molecule has 0 saturated carbocycles. The normalized spacial score (nSPS) is 10.9. The van der Waals surface area contributed by atoms with Crippen molar-refractivity contribution in [3.05, 3.63) is 33.9 Å². The second-order valence-corrected chi connectivity index (χ2v) is 4.82. The van der Waals surface area contributed by atoms with Gasteiger partial charge in [-0.05, 0) is 18.9 Å². The predicted molar refractivity (Wildman–Crippen MR) is 76.4 cm³/mol. The van der Waals surface area contributed by atoms with E-state index in [1.54, 1.807) is 0 Å². The molecule has 2 N–H and O–H groups in total. The summed E-state index contributed by atoms with van der Waals surface area (Å²) in [5.74, 6) is 0. The Balaban J connectivity index is 2.93. The summed E-state index contributed by atoms with van der Waals surface area (Å²) in [6.45, 7) is 4.58. The molecule has 0 fully saturated rings. The largest absolute Gasteiger partial charge is 0.396 e. The molecule has 0 aliphatic carbocycles. The number of benzene rings is 1. The number of aliphatic hydroxyl groups is 1. The fourth-order valence-electron chi connectivity index (χ4n) is 1.95. The Hall–Kier alpha value is -2.13. The summed E-state index contributed by atoms with van der Waals surface area (Å²) in [4.78, 5) is 10.2. The minimum atomic E-state index is -0.527. The third-order valence-corrected chi connectivity index (χ3v) is 3.82. The first-order valence-electron chi connectivity index (χ1n) is 6.55. The highest BCUT2D eigenvalue weighted by molar-refractivity contribution is 5.61. The van der Waals surface area contributed by atoms with Crippen LogP contribution in [0.2, 0.25) is 0 Å². The highest BCUT2D eigenvalue weighted by atomic mass is 16.6. The average Bonchev–Trinajstić information content (AvgIpc) is 2.49. The fraction of sp³-hybridized carbons (Fsp3) is 0.500. The van der Waals surface area contributed by atoms with Crippen LogP contribution in [0.5, 0.6) is 0 Å². The van der Waals surface area contributed by atoms with E-state index in [0.717, 1.165) is 12.8 Å². The highest BCUT2D eigenvalue weighted by Crippen LogP contribution is 2.28. The Morgan fingerprint density at radius 3 is 2.55 bits per heavy atom. The lowest BCUT2D eigenvalue weighted by molar-refractivity contribution is -0.384. The maximum Gasteiger partial charge on any atom is 0.270 e. The van der Waals surface area contributed by atoms with Crippen molar-refractivity contribution in [2.75, 3.05) is 18.5 Å². The molecule has 0 atom stereocenters. The van der Waals surface area contributed by atoms with Gasteiger partial charge < -0.3 is 10.4 Å². The third kappa shape index (κ3) is 3.45. The predicted octanol–water partition coefficient (Wildman–Crippen LogP) is 2.68. The summed E-state index contributed by atoms with van der Waals surface area (Å²) in [5.41, 5.74) is 0.441. The number of aliphatic hydroxyl groups excluding tert-OH is 1. The molecule has 6 nitrogen and oxygen atoms in total. The van der Waals surface area contributed by atoms with Crippen molar-refractivity contribution in [3.63, 3.8) is 0 Å². The molecule has 0 heterocycles. The number of nitrogens with zero attached hydrogens (tertiary/aromatic N) is 2. The van der Waals surface area contributed by atoms with E-state index in [1.807, 2.05) is 19.9 Å². The monoisotopic (exact) mass is 277 g/mol. The van der Waals surface area contributed by atoms with E-state index in [0.29, 0.717) is 12.2 Å². The van der Waals surface area contributed by atoms with Crippen LogP contribution in [0.15, 0.2) is 18.2 Å². The van der Waals surface area contributed by atoms with Gasteiger partial charge in [0.1, 0.15) is 6.07 Å². The fourth-order valence-corrected chi connectivity index (χ4v) is 1.95. The second kappa shape index (κ2) is 6.87. The standard InChI is InChI=1S/C14H19N3O3/c1-3-14(4-2,10-18)9-16-13-6-5-12(17(19)20)7-11(13)8-15/h5-7,16,18H,3-4,9-10H2,1-2H3. The molecule has 0 bridgehead atoms. The first kappa shape index (κ1) is 15.9. The van der Waals surface area contributed by atoms with Crippen LogP contribution in [0, 0.1) is 26.9 Å². The molecule has 0 unspecified atom stereocenters. The number of nitro benzene ring substituents is 1. The molecule has 0 aliphatic heterocycles. The van der Waals surface area contributed by atoms with Crippen LogP contribution in [0.4, 0.5) is 11.4 Å². The van der Waals surface area contributed by atoms with Crippen LogP contribution in [0.1, 0.15) is 32.3 Å². The number of nitriles is 1. The third-order valence-electron chi connectivity index (χ3n) is 3.82. The number of anilines is 1. The summed E-state index contributed by atoms with van der Waals surface area (Å²) < 4.78 is 0. The lowest BCUT2D eigenvalue weighted by Crippen LogP contribution is -2.32. The van der Waals surface area contributed by atoms with Crippen molar-refractivity contribution in [2.45, 2.75) is 26.7 Å². The lowest BCUT2D eigenvalue weighted by atomic mass is 9.83. The van der Waals surface area contributed by atoms with Gasteiger partial charge in [0.05, 0.1) is 22.8 Å². The summed E-state index contributed by atoms with van der Waals surface area (Å²) in [5, 5.41) is 32.4. The van der Waals surface area contributed by atoms with Crippen molar-refractivity contribution < 1.29 is 10.0 Å². The van der Waals surface area contributed by atoms with Crippen LogP contribution in [-0.4, -0.2) is 23.2 Å². The number of nitrogens with one attached hydrogen (secondary N) is 1. The van der Waals surface area contributed by atoms with Crippen molar-refractivity contribution in [3.8, 4) is 6.07 Å². The lowest BCUT2D eigenvalue weighted by Gasteiger charge is -2.30. The van der Waals surface area contributed by atoms with E-state index in [9.17, 15) is 15.2 Å². The molecule has 1 aromatic carbocycles. The van der Waals surface area contributed by atoms with Gasteiger partial charge in [0, 0.05) is 24.1 Å². The van der Waals surface area contributed by atoms with Gasteiger partial charge in [0.2, 0.25) is 0 Å². The van der Waals surface area contributed by atoms with Crippen LogP contribution in [-0.2, 0) is 0 Å². The highest BCUT2D eigenvalue weighted by Gasteiger charge is 2.25. The summed E-state index contributed by atoms with van der Waals surface area (Å²) in [7, 11) is 0. The van der Waals surface area contributed by atoms with E-state index in [-0.39, 0.29) is 23.3 Å². The zero-order valence-corrected chi connectivity index (χ0v) is 11.7. The molecule has 6 heteroatoms. The minimum Gasteiger partial charge on any atom is -0.396 e. The van der Waals surface area contributed by atoms with E-state index in [1.165, 1.54) is 18.2 Å². The summed E-state index contributed by atoms with van der Waals surface area (Å²) >= 11 is 0. The SMILES string of the molecule is CCC(CC)(CO)CNc1ccc([N+](=O)[O-])cc1C#N. The van der Waals surface area contributed by atoms with Gasteiger partial charge in [-0.2, -0.15) is 5.26 Å². The molecule has 1 aromatic rings. The number of rotatable bonds is 7. The molecule has 1 rings (SSSR count). The zero-order chi connectivity index (χ0) is 15.2. The second-order valence-electron chi connectivity index (χ2n) is 4.82. The number of nitro groups is 1. The Kier molecular flexibility index (Phi) is 5.47. The van der Waals surface area contributed by atoms with Crippen LogP contribution >= 0.6 is 0 Å². The van der Waals surface area contributed by atoms with Crippen molar-refractivity contribution in [2.24, 2.45) is 5.41 Å². The Morgan fingerprint density at radius 2 is 2.10 bits per heavy atom. The molecule has 0 aromatic heterocycles. The number of hydrogen-bond donors (Lipinski definition) is 2. The van der Waals surface area contributed by atoms with Crippen molar-refractivity contribution in [1.29, 1.82) is 5.26 Å². The molecular weight excluding hydrogens is 258 g/mol. The summed E-state index contributed by atoms with van der Waals surface area (Å²) in [6.07, 6.45) is 1.61. The van der Waals surface area contributed by atoms with E-state index < -0.39 is 4.92 Å². The van der Waals surface area contributed by atoms with Crippen LogP contribution in [0.3, 0.4) is 0 Å². The van der Waals surface area contributed by atoms with Gasteiger partial charge in [-0.1, -0.05) is 13.8 Å². The van der Waals surface area contributed by atoms with Gasteiger partial charge in [-0.15, -0.1) is 0 Å². The van der Waals surface area contributed by atoms with E-state index in [4.69, 9.17) is 5.26 Å². The number of non-ortho nitro benzene ring substituents is 1. The van der Waals surface area contributed by atoms with Crippen molar-refractivity contribution >= 4 is 11.4 Å². The van der Waals surface area contributed by atoms with Gasteiger partial charge in [-0.25, -0.2) is 0 Å². The molecule has 20 heavy (non-hydrogen) atoms. The molecule has 0 spiro atoms. The topological polar surface area (TPSA) is 99.2 Å². The van der Waals surface area contributed by atoms with Gasteiger partial charge >= 0.3 is 0 Å².